The molecule has 0 aliphatic carbocycles. The van der Waals surface area contributed by atoms with Crippen LogP contribution in [-0.4, -0.2) is 12.1 Å². The molecule has 4 heteroatoms. The lowest BCUT2D eigenvalue weighted by molar-refractivity contribution is -0.120. The summed E-state index contributed by atoms with van der Waals surface area (Å²) in [6, 6.07) is 13.9. The molecule has 23 heavy (non-hydrogen) atoms. The summed E-state index contributed by atoms with van der Waals surface area (Å²) in [4.78, 5) is 11.8. The van der Waals surface area contributed by atoms with Gasteiger partial charge in [0.1, 0.15) is 5.82 Å². The molecule has 0 aromatic heterocycles. The molecule has 0 saturated heterocycles. The van der Waals surface area contributed by atoms with E-state index in [9.17, 15) is 9.18 Å². The summed E-state index contributed by atoms with van der Waals surface area (Å²) < 4.78 is 12.8. The van der Waals surface area contributed by atoms with Crippen LogP contribution in [0.2, 0.25) is 0 Å². The standard InChI is InChI=1S/C19H21FN2O/c1-19(2,3)16-8-4-15(5-9-16)13-21-22-18(23)12-14-6-10-17(20)11-7-14/h4-11,13H,12H2,1-3H3,(H,22,23)/b21-13+. The van der Waals surface area contributed by atoms with Gasteiger partial charge in [-0.05, 0) is 34.2 Å². The Labute approximate surface area is 136 Å². The van der Waals surface area contributed by atoms with Crippen molar-refractivity contribution in [2.24, 2.45) is 5.10 Å². The highest BCUT2D eigenvalue weighted by molar-refractivity contribution is 5.83. The quantitative estimate of drug-likeness (QED) is 0.677. The van der Waals surface area contributed by atoms with Crippen molar-refractivity contribution in [3.05, 3.63) is 71.0 Å². The van der Waals surface area contributed by atoms with Crippen LogP contribution in [-0.2, 0) is 16.6 Å². The molecule has 2 rings (SSSR count). The maximum absolute atomic E-state index is 12.8. The highest BCUT2D eigenvalue weighted by atomic mass is 19.1. The van der Waals surface area contributed by atoms with E-state index in [1.807, 2.05) is 12.1 Å². The molecule has 0 atom stereocenters. The molecule has 0 bridgehead atoms. The summed E-state index contributed by atoms with van der Waals surface area (Å²) in [5.74, 6) is -0.551. The van der Waals surface area contributed by atoms with Crippen LogP contribution in [0.25, 0.3) is 0 Å². The van der Waals surface area contributed by atoms with Crippen molar-refractivity contribution in [2.45, 2.75) is 32.6 Å². The smallest absolute Gasteiger partial charge is 0.244 e. The Balaban J connectivity index is 1.88. The Hall–Kier alpha value is -2.49. The molecule has 0 spiro atoms. The van der Waals surface area contributed by atoms with Crippen LogP contribution in [0, 0.1) is 5.82 Å². The summed E-state index contributed by atoms with van der Waals surface area (Å²) in [6.07, 6.45) is 1.77. The number of carbonyl (C=O) groups excluding carboxylic acids is 1. The van der Waals surface area contributed by atoms with Gasteiger partial charge in [0.25, 0.3) is 0 Å². The van der Waals surface area contributed by atoms with Gasteiger partial charge < -0.3 is 0 Å². The minimum absolute atomic E-state index is 0.110. The van der Waals surface area contributed by atoms with E-state index in [4.69, 9.17) is 0 Å². The topological polar surface area (TPSA) is 41.5 Å². The largest absolute Gasteiger partial charge is 0.273 e. The van der Waals surface area contributed by atoms with Crippen molar-refractivity contribution < 1.29 is 9.18 Å². The van der Waals surface area contributed by atoms with Crippen LogP contribution in [0.1, 0.15) is 37.5 Å². The van der Waals surface area contributed by atoms with Crippen molar-refractivity contribution in [3.8, 4) is 0 Å². The molecule has 0 fully saturated rings. The first-order valence-corrected chi connectivity index (χ1v) is 7.51. The molecule has 0 saturated carbocycles. The fourth-order valence-electron chi connectivity index (χ4n) is 2.08. The number of nitrogens with one attached hydrogen (secondary N) is 1. The van der Waals surface area contributed by atoms with Crippen LogP contribution >= 0.6 is 0 Å². The van der Waals surface area contributed by atoms with Gasteiger partial charge >= 0.3 is 0 Å². The lowest BCUT2D eigenvalue weighted by Gasteiger charge is -2.18. The monoisotopic (exact) mass is 312 g/mol. The average Bonchev–Trinajstić information content (AvgIpc) is 2.49. The normalized spacial score (nSPS) is 11.7. The van der Waals surface area contributed by atoms with Crippen LogP contribution in [0.4, 0.5) is 4.39 Å². The van der Waals surface area contributed by atoms with E-state index in [0.717, 1.165) is 11.1 Å². The molecule has 1 amide bonds. The minimum Gasteiger partial charge on any atom is -0.273 e. The van der Waals surface area contributed by atoms with E-state index >= 15 is 0 Å². The van der Waals surface area contributed by atoms with Gasteiger partial charge in [-0.25, -0.2) is 9.82 Å². The van der Waals surface area contributed by atoms with E-state index in [0.29, 0.717) is 0 Å². The van der Waals surface area contributed by atoms with Gasteiger partial charge in [0.2, 0.25) is 5.91 Å². The fraction of sp³-hybridized carbons (Fsp3) is 0.263. The molecule has 0 heterocycles. The molecule has 0 radical (unpaired) electrons. The van der Waals surface area contributed by atoms with Gasteiger partial charge in [0.15, 0.2) is 0 Å². The first-order chi connectivity index (χ1) is 10.8. The predicted octanol–water partition coefficient (Wildman–Crippen LogP) is 3.82. The van der Waals surface area contributed by atoms with E-state index in [1.54, 1.807) is 18.3 Å². The third-order valence-electron chi connectivity index (χ3n) is 3.46. The Morgan fingerprint density at radius 1 is 1.09 bits per heavy atom. The van der Waals surface area contributed by atoms with Crippen molar-refractivity contribution >= 4 is 12.1 Å². The Bertz CT molecular complexity index is 683. The van der Waals surface area contributed by atoms with Gasteiger partial charge in [-0.15, -0.1) is 0 Å². The maximum atomic E-state index is 12.8. The third-order valence-corrected chi connectivity index (χ3v) is 3.46. The van der Waals surface area contributed by atoms with Crippen molar-refractivity contribution in [1.82, 2.24) is 5.43 Å². The molecule has 2 aromatic carbocycles. The molecule has 0 aliphatic heterocycles. The number of carbonyl (C=O) groups is 1. The second-order valence-electron chi connectivity index (χ2n) is 6.47. The van der Waals surface area contributed by atoms with Gasteiger partial charge in [-0.2, -0.15) is 5.10 Å². The van der Waals surface area contributed by atoms with Crippen molar-refractivity contribution in [2.75, 3.05) is 0 Å². The molecule has 3 nitrogen and oxygen atoms in total. The van der Waals surface area contributed by atoms with E-state index < -0.39 is 0 Å². The summed E-state index contributed by atoms with van der Waals surface area (Å²) >= 11 is 0. The number of halogens is 1. The second-order valence-corrected chi connectivity index (χ2v) is 6.47. The second kappa shape index (κ2) is 7.18. The molecule has 2 aromatic rings. The zero-order valence-corrected chi connectivity index (χ0v) is 13.6. The summed E-state index contributed by atoms with van der Waals surface area (Å²) in [6.45, 7) is 6.48. The van der Waals surface area contributed by atoms with E-state index in [1.165, 1.54) is 17.7 Å². The number of hydrazone groups is 1. The van der Waals surface area contributed by atoms with Crippen LogP contribution in [0.5, 0.6) is 0 Å². The van der Waals surface area contributed by atoms with Crippen LogP contribution in [0.3, 0.4) is 0 Å². The van der Waals surface area contributed by atoms with E-state index in [-0.39, 0.29) is 23.6 Å². The van der Waals surface area contributed by atoms with Crippen molar-refractivity contribution in [3.63, 3.8) is 0 Å². The zero-order valence-electron chi connectivity index (χ0n) is 13.6. The van der Waals surface area contributed by atoms with Gasteiger partial charge in [0.05, 0.1) is 12.6 Å². The number of amides is 1. The van der Waals surface area contributed by atoms with Gasteiger partial charge in [-0.3, -0.25) is 4.79 Å². The average molecular weight is 312 g/mol. The Morgan fingerprint density at radius 3 is 2.26 bits per heavy atom. The van der Waals surface area contributed by atoms with Crippen molar-refractivity contribution in [1.29, 1.82) is 0 Å². The Morgan fingerprint density at radius 2 is 1.70 bits per heavy atom. The minimum atomic E-state index is -0.314. The summed E-state index contributed by atoms with van der Waals surface area (Å²) in [5.41, 5.74) is 5.49. The van der Waals surface area contributed by atoms with Gasteiger partial charge in [0, 0.05) is 0 Å². The third kappa shape index (κ3) is 5.33. The highest BCUT2D eigenvalue weighted by Gasteiger charge is 2.12. The SMILES string of the molecule is CC(C)(C)c1ccc(/C=N/NC(=O)Cc2ccc(F)cc2)cc1. The fourth-order valence-corrected chi connectivity index (χ4v) is 2.08. The molecule has 120 valence electrons. The highest BCUT2D eigenvalue weighted by Crippen LogP contribution is 2.21. The summed E-state index contributed by atoms with van der Waals surface area (Å²) in [7, 11) is 0. The molecule has 0 aliphatic rings. The maximum Gasteiger partial charge on any atom is 0.244 e. The number of hydrogen-bond donors (Lipinski definition) is 1. The molecule has 1 N–H and O–H groups in total. The lowest BCUT2D eigenvalue weighted by Crippen LogP contribution is -2.19. The number of hydrogen-bond acceptors (Lipinski definition) is 2. The Kier molecular flexibility index (Phi) is 5.27. The van der Waals surface area contributed by atoms with E-state index in [2.05, 4.69) is 43.4 Å². The number of rotatable bonds is 4. The van der Waals surface area contributed by atoms with Gasteiger partial charge in [-0.1, -0.05) is 57.2 Å². The number of benzene rings is 2. The zero-order chi connectivity index (χ0) is 16.9. The lowest BCUT2D eigenvalue weighted by atomic mass is 9.87. The van der Waals surface area contributed by atoms with Crippen LogP contribution < -0.4 is 5.43 Å². The molecular formula is C19H21FN2O. The first kappa shape index (κ1) is 16.9. The van der Waals surface area contributed by atoms with Crippen LogP contribution in [0.15, 0.2) is 53.6 Å². The predicted molar refractivity (Wildman–Crippen MR) is 91.0 cm³/mol. The molecule has 0 unspecified atom stereocenters. The number of nitrogens with zero attached hydrogens (tertiary/aromatic N) is 1. The summed E-state index contributed by atoms with van der Waals surface area (Å²) in [5, 5.41) is 3.95. The molecular weight excluding hydrogens is 291 g/mol. The first-order valence-electron chi connectivity index (χ1n) is 7.51.